The maximum Gasteiger partial charge on any atom is 0.408 e. The van der Waals surface area contributed by atoms with Crippen LogP contribution in [0.1, 0.15) is 18.9 Å². The summed E-state index contributed by atoms with van der Waals surface area (Å²) < 4.78 is 9.94. The Hall–Kier alpha value is -2.30. The fourth-order valence-corrected chi connectivity index (χ4v) is 1.66. The molecule has 1 aromatic carbocycles. The number of carbonyl (C=O) groups excluding carboxylic acids is 2. The van der Waals surface area contributed by atoms with E-state index < -0.39 is 18.1 Å². The minimum Gasteiger partial charge on any atom is -0.464 e. The van der Waals surface area contributed by atoms with Crippen LogP contribution in [0.3, 0.4) is 0 Å². The highest BCUT2D eigenvalue weighted by Gasteiger charge is 2.23. The summed E-state index contributed by atoms with van der Waals surface area (Å²) in [5.41, 5.74) is 0.931. The van der Waals surface area contributed by atoms with Crippen LogP contribution in [-0.4, -0.2) is 31.3 Å². The zero-order valence-electron chi connectivity index (χ0n) is 12.2. The van der Waals surface area contributed by atoms with E-state index in [4.69, 9.17) is 9.47 Å². The van der Waals surface area contributed by atoms with Crippen LogP contribution in [0.25, 0.3) is 0 Å². The van der Waals surface area contributed by atoms with Crippen molar-refractivity contribution in [3.63, 3.8) is 0 Å². The molecule has 5 heteroatoms. The van der Waals surface area contributed by atoms with E-state index in [0.717, 1.165) is 12.0 Å². The zero-order chi connectivity index (χ0) is 15.5. The zero-order valence-corrected chi connectivity index (χ0v) is 12.2. The molecular weight excluding hydrogens is 270 g/mol. The maximum absolute atomic E-state index is 12.0. The molecule has 1 amide bonds. The number of amides is 1. The lowest BCUT2D eigenvalue weighted by Crippen LogP contribution is -2.43. The van der Waals surface area contributed by atoms with Gasteiger partial charge in [-0.15, -0.1) is 0 Å². The van der Waals surface area contributed by atoms with Gasteiger partial charge in [0.05, 0.1) is 6.61 Å². The molecule has 114 valence electrons. The number of benzene rings is 1. The fraction of sp³-hybridized carbons (Fsp3) is 0.375. The summed E-state index contributed by atoms with van der Waals surface area (Å²) in [6, 6.07) is 8.64. The molecule has 1 rings (SSSR count). The van der Waals surface area contributed by atoms with E-state index in [-0.39, 0.29) is 6.61 Å². The minimum atomic E-state index is -0.767. The van der Waals surface area contributed by atoms with Gasteiger partial charge in [0.15, 0.2) is 0 Å². The maximum atomic E-state index is 12.0. The molecule has 0 aliphatic carbocycles. The van der Waals surface area contributed by atoms with Crippen LogP contribution < -0.4 is 5.32 Å². The highest BCUT2D eigenvalue weighted by Crippen LogP contribution is 2.05. The summed E-state index contributed by atoms with van der Waals surface area (Å²) >= 11 is 0. The van der Waals surface area contributed by atoms with Crippen LogP contribution in [0, 0.1) is 0 Å². The van der Waals surface area contributed by atoms with Gasteiger partial charge in [0.1, 0.15) is 12.6 Å². The Morgan fingerprint density at radius 2 is 2.00 bits per heavy atom. The summed E-state index contributed by atoms with van der Waals surface area (Å²) in [4.78, 5) is 23.6. The molecule has 0 saturated carbocycles. The van der Waals surface area contributed by atoms with Crippen LogP contribution in [0.2, 0.25) is 0 Å². The first-order valence-electron chi connectivity index (χ1n) is 6.92. The number of hydrogen-bond acceptors (Lipinski definition) is 4. The van der Waals surface area contributed by atoms with Gasteiger partial charge >= 0.3 is 12.1 Å². The van der Waals surface area contributed by atoms with Gasteiger partial charge in [-0.2, -0.15) is 0 Å². The van der Waals surface area contributed by atoms with Crippen LogP contribution in [-0.2, 0) is 20.7 Å². The number of hydrogen-bond donors (Lipinski definition) is 1. The molecular formula is C16H21NO4. The highest BCUT2D eigenvalue weighted by molar-refractivity contribution is 5.81. The number of rotatable bonds is 8. The molecule has 0 aliphatic heterocycles. The Balaban J connectivity index is 2.67. The van der Waals surface area contributed by atoms with E-state index >= 15 is 0 Å². The van der Waals surface area contributed by atoms with E-state index in [0.29, 0.717) is 13.0 Å². The molecule has 0 fully saturated rings. The molecule has 0 aromatic heterocycles. The minimum absolute atomic E-state index is 0.0912. The van der Waals surface area contributed by atoms with Crippen molar-refractivity contribution < 1.29 is 19.1 Å². The highest BCUT2D eigenvalue weighted by atomic mass is 16.6. The normalized spacial score (nSPS) is 11.3. The Morgan fingerprint density at radius 3 is 2.62 bits per heavy atom. The van der Waals surface area contributed by atoms with E-state index in [2.05, 4.69) is 11.9 Å². The lowest BCUT2D eigenvalue weighted by atomic mass is 10.1. The van der Waals surface area contributed by atoms with Gasteiger partial charge in [-0.05, 0) is 12.0 Å². The number of ether oxygens (including phenoxy) is 2. The molecule has 0 spiro atoms. The van der Waals surface area contributed by atoms with Crippen LogP contribution in [0.5, 0.6) is 0 Å². The Labute approximate surface area is 124 Å². The Bertz CT molecular complexity index is 459. The number of alkyl carbamates (subject to hydrolysis) is 1. The summed E-state index contributed by atoms with van der Waals surface area (Å²) in [5, 5.41) is 2.53. The molecule has 0 aliphatic rings. The first kappa shape index (κ1) is 16.8. The predicted octanol–water partition coefficient (Wildman–Crippen LogP) is 2.46. The average Bonchev–Trinajstić information content (AvgIpc) is 2.51. The molecule has 5 nitrogen and oxygen atoms in total. The molecule has 1 aromatic rings. The molecule has 0 radical (unpaired) electrons. The summed E-state index contributed by atoms with van der Waals surface area (Å²) in [7, 11) is 0. The number of nitrogens with one attached hydrogen (secondary N) is 1. The van der Waals surface area contributed by atoms with E-state index in [1.54, 1.807) is 0 Å². The van der Waals surface area contributed by atoms with Crippen molar-refractivity contribution in [2.75, 3.05) is 13.2 Å². The van der Waals surface area contributed by atoms with Crippen LogP contribution in [0.15, 0.2) is 43.0 Å². The second-order valence-electron chi connectivity index (χ2n) is 4.44. The van der Waals surface area contributed by atoms with Gasteiger partial charge in [-0.25, -0.2) is 9.59 Å². The third-order valence-electron chi connectivity index (χ3n) is 2.64. The lowest BCUT2D eigenvalue weighted by Gasteiger charge is -2.17. The molecule has 1 atom stereocenters. The largest absolute Gasteiger partial charge is 0.464 e. The van der Waals surface area contributed by atoms with Crippen molar-refractivity contribution in [3.05, 3.63) is 48.6 Å². The lowest BCUT2D eigenvalue weighted by molar-refractivity contribution is -0.146. The molecule has 21 heavy (non-hydrogen) atoms. The molecule has 1 N–H and O–H groups in total. The van der Waals surface area contributed by atoms with Gasteiger partial charge < -0.3 is 14.8 Å². The van der Waals surface area contributed by atoms with Crippen molar-refractivity contribution >= 4 is 12.1 Å². The third kappa shape index (κ3) is 6.61. The second-order valence-corrected chi connectivity index (χ2v) is 4.44. The van der Waals surface area contributed by atoms with Crippen molar-refractivity contribution in [2.24, 2.45) is 0 Å². The number of carbonyl (C=O) groups is 2. The Morgan fingerprint density at radius 1 is 1.29 bits per heavy atom. The second kappa shape index (κ2) is 9.58. The van der Waals surface area contributed by atoms with Crippen molar-refractivity contribution in [1.29, 1.82) is 0 Å². The monoisotopic (exact) mass is 291 g/mol. The first-order valence-corrected chi connectivity index (χ1v) is 6.92. The van der Waals surface area contributed by atoms with E-state index in [1.807, 2.05) is 37.3 Å². The molecule has 0 bridgehead atoms. The van der Waals surface area contributed by atoms with Gasteiger partial charge in [-0.3, -0.25) is 0 Å². The molecule has 0 heterocycles. The van der Waals surface area contributed by atoms with Crippen molar-refractivity contribution in [1.82, 2.24) is 5.32 Å². The topological polar surface area (TPSA) is 64.6 Å². The summed E-state index contributed by atoms with van der Waals surface area (Å²) in [5.74, 6) is -0.462. The summed E-state index contributed by atoms with van der Waals surface area (Å²) in [6.45, 7) is 5.78. The van der Waals surface area contributed by atoms with Crippen molar-refractivity contribution in [3.8, 4) is 0 Å². The van der Waals surface area contributed by atoms with Crippen molar-refractivity contribution in [2.45, 2.75) is 25.8 Å². The van der Waals surface area contributed by atoms with E-state index in [1.165, 1.54) is 6.08 Å². The SMILES string of the molecule is C=CCOC(=O)N[C@@H](Cc1ccccc1)C(=O)OCCC. The third-order valence-corrected chi connectivity index (χ3v) is 2.64. The van der Waals surface area contributed by atoms with Crippen LogP contribution >= 0.6 is 0 Å². The van der Waals surface area contributed by atoms with Gasteiger partial charge in [0.2, 0.25) is 0 Å². The molecule has 0 unspecified atom stereocenters. The predicted molar refractivity (Wildman–Crippen MR) is 79.9 cm³/mol. The quantitative estimate of drug-likeness (QED) is 0.590. The van der Waals surface area contributed by atoms with Gasteiger partial charge in [-0.1, -0.05) is 49.9 Å². The number of esters is 1. The Kier molecular flexibility index (Phi) is 7.64. The summed E-state index contributed by atoms with van der Waals surface area (Å²) in [6.07, 6.45) is 1.88. The standard InChI is InChI=1S/C16H21NO4/c1-3-10-20-15(18)14(17-16(19)21-11-4-2)12-13-8-6-5-7-9-13/h4-9,14H,2-3,10-12H2,1H3,(H,17,19)/t14-/m0/s1. The average molecular weight is 291 g/mol. The smallest absolute Gasteiger partial charge is 0.408 e. The van der Waals surface area contributed by atoms with Gasteiger partial charge in [0.25, 0.3) is 0 Å². The fourth-order valence-electron chi connectivity index (χ4n) is 1.66. The molecule has 0 saturated heterocycles. The van der Waals surface area contributed by atoms with E-state index in [9.17, 15) is 9.59 Å². The van der Waals surface area contributed by atoms with Crippen LogP contribution in [0.4, 0.5) is 4.79 Å². The van der Waals surface area contributed by atoms with Gasteiger partial charge in [0, 0.05) is 6.42 Å². The first-order chi connectivity index (χ1) is 10.2.